The lowest BCUT2D eigenvalue weighted by Crippen LogP contribution is -2.09. The summed E-state index contributed by atoms with van der Waals surface area (Å²) < 4.78 is 0. The van der Waals surface area contributed by atoms with E-state index in [4.69, 9.17) is 9.97 Å². The maximum Gasteiger partial charge on any atom is 0.0920 e. The molecule has 4 rings (SSSR count). The zero-order valence-corrected chi connectivity index (χ0v) is 17.4. The molecule has 0 saturated heterocycles. The van der Waals surface area contributed by atoms with Gasteiger partial charge in [0.15, 0.2) is 0 Å². The Morgan fingerprint density at radius 3 is 1.46 bits per heavy atom. The van der Waals surface area contributed by atoms with Gasteiger partial charge in [-0.3, -0.25) is 9.97 Å². The Morgan fingerprint density at radius 1 is 0.607 bits per heavy atom. The van der Waals surface area contributed by atoms with E-state index >= 15 is 0 Å². The third kappa shape index (κ3) is 5.21. The summed E-state index contributed by atoms with van der Waals surface area (Å²) in [6.45, 7) is 0. The minimum absolute atomic E-state index is 0.913. The Morgan fingerprint density at radius 2 is 1.04 bits per heavy atom. The van der Waals surface area contributed by atoms with Gasteiger partial charge in [0, 0.05) is 12.4 Å². The van der Waals surface area contributed by atoms with E-state index in [2.05, 4.69) is 24.3 Å². The molecule has 2 aromatic heterocycles. The number of rotatable bonds is 7. The molecule has 2 heteroatoms. The fraction of sp³-hybridized carbons (Fsp3) is 0.615. The predicted octanol–water partition coefficient (Wildman–Crippen LogP) is 7.17. The molecule has 150 valence electrons. The van der Waals surface area contributed by atoms with Crippen molar-refractivity contribution in [2.24, 2.45) is 11.8 Å². The van der Waals surface area contributed by atoms with Crippen molar-refractivity contribution in [3.05, 3.63) is 47.8 Å². The van der Waals surface area contributed by atoms with Gasteiger partial charge in [-0.25, -0.2) is 0 Å². The molecule has 2 aliphatic carbocycles. The van der Waals surface area contributed by atoms with Crippen molar-refractivity contribution in [3.8, 4) is 11.4 Å². The Kier molecular flexibility index (Phi) is 7.13. The fourth-order valence-electron chi connectivity index (χ4n) is 5.38. The third-order valence-electron chi connectivity index (χ3n) is 7.10. The topological polar surface area (TPSA) is 25.8 Å². The summed E-state index contributed by atoms with van der Waals surface area (Å²) in [6, 6.07) is 8.77. The first-order chi connectivity index (χ1) is 13.9. The minimum Gasteiger partial charge on any atom is -0.254 e. The van der Waals surface area contributed by atoms with Crippen molar-refractivity contribution < 1.29 is 0 Å². The number of nitrogens with zero attached hydrogens (tertiary/aromatic N) is 2. The van der Waals surface area contributed by atoms with Crippen LogP contribution < -0.4 is 0 Å². The molecule has 0 bridgehead atoms. The Hall–Kier alpha value is -1.70. The molecule has 2 aliphatic rings. The summed E-state index contributed by atoms with van der Waals surface area (Å²) >= 11 is 0. The van der Waals surface area contributed by atoms with E-state index in [1.165, 1.54) is 88.2 Å². The van der Waals surface area contributed by atoms with E-state index in [0.29, 0.717) is 0 Å². The van der Waals surface area contributed by atoms with Crippen LogP contribution in [0.15, 0.2) is 36.7 Å². The van der Waals surface area contributed by atoms with Gasteiger partial charge in [-0.05, 0) is 60.8 Å². The van der Waals surface area contributed by atoms with E-state index in [1.54, 1.807) is 0 Å². The van der Waals surface area contributed by atoms with Gasteiger partial charge in [0.05, 0.1) is 11.4 Å². The van der Waals surface area contributed by atoms with E-state index < -0.39 is 0 Å². The van der Waals surface area contributed by atoms with Crippen LogP contribution in [0.1, 0.15) is 88.2 Å². The van der Waals surface area contributed by atoms with Gasteiger partial charge in [0.1, 0.15) is 0 Å². The van der Waals surface area contributed by atoms with Crippen molar-refractivity contribution >= 4 is 0 Å². The summed E-state index contributed by atoms with van der Waals surface area (Å²) in [5.74, 6) is 1.83. The maximum absolute atomic E-state index is 4.81. The van der Waals surface area contributed by atoms with Crippen molar-refractivity contribution in [2.45, 2.75) is 89.9 Å². The van der Waals surface area contributed by atoms with Gasteiger partial charge in [-0.2, -0.15) is 0 Å². The SMILES string of the molecule is c1cnc(-c2ncccc2CCC2CCCCC2)c(CCC2CCCCC2)c1. The Labute approximate surface area is 171 Å². The molecule has 0 amide bonds. The van der Waals surface area contributed by atoms with Gasteiger partial charge in [-0.15, -0.1) is 0 Å². The largest absolute Gasteiger partial charge is 0.254 e. The van der Waals surface area contributed by atoms with Gasteiger partial charge < -0.3 is 0 Å². The molecule has 2 nitrogen and oxygen atoms in total. The molecule has 0 aromatic carbocycles. The monoisotopic (exact) mass is 376 g/mol. The summed E-state index contributed by atoms with van der Waals surface area (Å²) in [4.78, 5) is 9.61. The first kappa shape index (κ1) is 19.6. The quantitative estimate of drug-likeness (QED) is 0.512. The molecule has 2 aromatic rings. The highest BCUT2D eigenvalue weighted by Gasteiger charge is 2.18. The molecular weight excluding hydrogens is 340 g/mol. The second kappa shape index (κ2) is 10.2. The lowest BCUT2D eigenvalue weighted by molar-refractivity contribution is 0.339. The van der Waals surface area contributed by atoms with Crippen LogP contribution in [0.5, 0.6) is 0 Å². The number of hydrogen-bond acceptors (Lipinski definition) is 2. The van der Waals surface area contributed by atoms with Crippen molar-refractivity contribution in [1.29, 1.82) is 0 Å². The second-order valence-corrected chi connectivity index (χ2v) is 9.11. The van der Waals surface area contributed by atoms with Crippen LogP contribution in [0.4, 0.5) is 0 Å². The van der Waals surface area contributed by atoms with Gasteiger partial charge >= 0.3 is 0 Å². The number of hydrogen-bond donors (Lipinski definition) is 0. The summed E-state index contributed by atoms with van der Waals surface area (Å²) in [7, 11) is 0. The number of aryl methyl sites for hydroxylation is 2. The van der Waals surface area contributed by atoms with Crippen molar-refractivity contribution in [1.82, 2.24) is 9.97 Å². The van der Waals surface area contributed by atoms with Crippen LogP contribution in [0.25, 0.3) is 11.4 Å². The van der Waals surface area contributed by atoms with Crippen molar-refractivity contribution in [2.75, 3.05) is 0 Å². The molecule has 0 radical (unpaired) electrons. The van der Waals surface area contributed by atoms with Gasteiger partial charge in [0.25, 0.3) is 0 Å². The number of pyridine rings is 2. The molecule has 2 saturated carbocycles. The molecule has 0 spiro atoms. The third-order valence-corrected chi connectivity index (χ3v) is 7.10. The zero-order valence-electron chi connectivity index (χ0n) is 17.4. The molecule has 28 heavy (non-hydrogen) atoms. The maximum atomic E-state index is 4.81. The summed E-state index contributed by atoms with van der Waals surface area (Å²) in [6.07, 6.45) is 23.1. The van der Waals surface area contributed by atoms with E-state index in [0.717, 1.165) is 36.1 Å². The second-order valence-electron chi connectivity index (χ2n) is 9.11. The van der Waals surface area contributed by atoms with Gasteiger partial charge in [0.2, 0.25) is 0 Å². The highest BCUT2D eigenvalue weighted by atomic mass is 14.8. The van der Waals surface area contributed by atoms with Crippen LogP contribution >= 0.6 is 0 Å². The van der Waals surface area contributed by atoms with Crippen LogP contribution in [-0.4, -0.2) is 9.97 Å². The van der Waals surface area contributed by atoms with E-state index in [1.807, 2.05) is 12.4 Å². The average molecular weight is 377 g/mol. The standard InChI is InChI=1S/C26H36N2/c1-3-9-21(10-4-1)15-17-23-13-7-19-27-25(23)26-24(14-8-20-28-26)18-16-22-11-5-2-6-12-22/h7-8,13-14,19-22H,1-6,9-12,15-18H2. The molecule has 0 atom stereocenters. The molecular formula is C26H36N2. The lowest BCUT2D eigenvalue weighted by Gasteiger charge is -2.22. The van der Waals surface area contributed by atoms with E-state index in [9.17, 15) is 0 Å². The summed E-state index contributed by atoms with van der Waals surface area (Å²) in [5, 5.41) is 0. The fourth-order valence-corrected chi connectivity index (χ4v) is 5.38. The van der Waals surface area contributed by atoms with Crippen LogP contribution in [0, 0.1) is 11.8 Å². The normalized spacial score (nSPS) is 19.0. The molecule has 0 N–H and O–H groups in total. The highest BCUT2D eigenvalue weighted by Crippen LogP contribution is 2.32. The lowest BCUT2D eigenvalue weighted by atomic mass is 9.84. The Bertz CT molecular complexity index is 663. The molecule has 2 fully saturated rings. The first-order valence-corrected chi connectivity index (χ1v) is 11.8. The molecule has 0 aliphatic heterocycles. The predicted molar refractivity (Wildman–Crippen MR) is 117 cm³/mol. The average Bonchev–Trinajstić information content (AvgIpc) is 2.78. The molecule has 2 heterocycles. The summed E-state index contributed by atoms with van der Waals surface area (Å²) in [5.41, 5.74) is 5.06. The Balaban J connectivity index is 1.47. The van der Waals surface area contributed by atoms with E-state index in [-0.39, 0.29) is 0 Å². The molecule has 0 unspecified atom stereocenters. The van der Waals surface area contributed by atoms with Crippen LogP contribution in [0.2, 0.25) is 0 Å². The minimum atomic E-state index is 0.913. The zero-order chi connectivity index (χ0) is 19.0. The smallest absolute Gasteiger partial charge is 0.0920 e. The van der Waals surface area contributed by atoms with Crippen LogP contribution in [0.3, 0.4) is 0 Å². The first-order valence-electron chi connectivity index (χ1n) is 11.8. The van der Waals surface area contributed by atoms with Crippen molar-refractivity contribution in [3.63, 3.8) is 0 Å². The van der Waals surface area contributed by atoms with Crippen LogP contribution in [-0.2, 0) is 12.8 Å². The van der Waals surface area contributed by atoms with Gasteiger partial charge in [-0.1, -0.05) is 76.3 Å². The highest BCUT2D eigenvalue weighted by molar-refractivity contribution is 5.62. The number of aromatic nitrogens is 2.